The number of benzene rings is 3. The van der Waals surface area contributed by atoms with Gasteiger partial charge in [-0.1, -0.05) is 52.3 Å². The molecule has 4 aromatic rings. The Bertz CT molecular complexity index is 1380. The first-order valence-electron chi connectivity index (χ1n) is 10.2. The van der Waals surface area contributed by atoms with Crippen molar-refractivity contribution in [3.05, 3.63) is 94.1 Å². The van der Waals surface area contributed by atoms with E-state index in [4.69, 9.17) is 9.72 Å². The second-order valence-electron chi connectivity index (χ2n) is 7.57. The Hall–Kier alpha value is -3.58. The van der Waals surface area contributed by atoms with E-state index in [2.05, 4.69) is 31.1 Å². The molecule has 1 aliphatic rings. The van der Waals surface area contributed by atoms with Crippen LogP contribution in [0.2, 0.25) is 0 Å². The molecule has 1 amide bonds. The predicted octanol–water partition coefficient (Wildman–Crippen LogP) is 5.74. The number of allylic oxidation sites excluding steroid dienone is 1. The summed E-state index contributed by atoms with van der Waals surface area (Å²) in [5, 5.41) is 6.38. The maximum atomic E-state index is 13.7. The summed E-state index contributed by atoms with van der Waals surface area (Å²) in [6.45, 7) is 1.91. The summed E-state index contributed by atoms with van der Waals surface area (Å²) in [6.07, 6.45) is 0. The number of carbonyl (C=O) groups excluding carboxylic acids is 1. The fraction of sp³-hybridized carbons (Fsp3) is 0.120. The second kappa shape index (κ2) is 8.16. The van der Waals surface area contributed by atoms with Crippen LogP contribution in [0.25, 0.3) is 11.0 Å². The van der Waals surface area contributed by atoms with E-state index in [1.807, 2.05) is 79.7 Å². The molecule has 0 aliphatic carbocycles. The molecule has 0 saturated heterocycles. The van der Waals surface area contributed by atoms with Gasteiger partial charge in [0.05, 0.1) is 35.4 Å². The van der Waals surface area contributed by atoms with Crippen molar-refractivity contribution in [2.45, 2.75) is 13.0 Å². The third-order valence-corrected chi connectivity index (χ3v) is 6.09. The number of nitrogens with zero attached hydrogens (tertiary/aromatic N) is 2. The van der Waals surface area contributed by atoms with Crippen LogP contribution in [-0.4, -0.2) is 22.6 Å². The van der Waals surface area contributed by atoms with Gasteiger partial charge >= 0.3 is 0 Å². The molecule has 0 bridgehead atoms. The number of methoxy groups -OCH3 is 1. The smallest absolute Gasteiger partial charge is 0.255 e. The number of aromatic nitrogens is 2. The molecule has 160 valence electrons. The fourth-order valence-corrected chi connectivity index (χ4v) is 4.60. The Balaban J connectivity index is 1.67. The molecule has 7 heteroatoms. The minimum atomic E-state index is -0.356. The molecule has 3 aromatic carbocycles. The summed E-state index contributed by atoms with van der Waals surface area (Å²) in [5.74, 6) is 1.12. The summed E-state index contributed by atoms with van der Waals surface area (Å²) >= 11 is 3.58. The van der Waals surface area contributed by atoms with E-state index in [-0.39, 0.29) is 11.9 Å². The van der Waals surface area contributed by atoms with Crippen LogP contribution in [0.1, 0.15) is 18.5 Å². The number of imidazole rings is 1. The van der Waals surface area contributed by atoms with Gasteiger partial charge in [0, 0.05) is 10.2 Å². The molecule has 1 aliphatic heterocycles. The van der Waals surface area contributed by atoms with Crippen LogP contribution in [0, 0.1) is 0 Å². The summed E-state index contributed by atoms with van der Waals surface area (Å²) in [7, 11) is 1.59. The van der Waals surface area contributed by atoms with E-state index in [1.165, 1.54) is 0 Å². The van der Waals surface area contributed by atoms with E-state index in [0.29, 0.717) is 23.0 Å². The summed E-state index contributed by atoms with van der Waals surface area (Å²) in [6, 6.07) is 23.0. The van der Waals surface area contributed by atoms with Crippen molar-refractivity contribution in [2.75, 3.05) is 17.7 Å². The first kappa shape index (κ1) is 20.3. The normalized spacial score (nSPS) is 15.3. The lowest BCUT2D eigenvalue weighted by atomic mass is 9.94. The van der Waals surface area contributed by atoms with Gasteiger partial charge in [0.2, 0.25) is 5.95 Å². The zero-order valence-electron chi connectivity index (χ0n) is 17.6. The van der Waals surface area contributed by atoms with E-state index in [0.717, 1.165) is 26.8 Å². The highest BCUT2D eigenvalue weighted by atomic mass is 79.9. The first-order chi connectivity index (χ1) is 15.6. The molecule has 5 rings (SSSR count). The Kier molecular flexibility index (Phi) is 5.19. The maximum Gasteiger partial charge on any atom is 0.255 e. The van der Waals surface area contributed by atoms with E-state index >= 15 is 0 Å². The summed E-state index contributed by atoms with van der Waals surface area (Å²) < 4.78 is 8.45. The van der Waals surface area contributed by atoms with Gasteiger partial charge in [0.1, 0.15) is 5.75 Å². The molecule has 1 atom stereocenters. The number of fused-ring (bicyclic) bond motifs is 3. The van der Waals surface area contributed by atoms with Gasteiger partial charge < -0.3 is 15.4 Å². The largest absolute Gasteiger partial charge is 0.495 e. The standard InChI is InChI=1S/C25H21BrN4O2/c1-15-22(24(31)28-19-11-4-6-13-21(19)32-2)23(16-8-7-9-17(26)14-16)30-20-12-5-3-10-18(20)29-25(30)27-15/h3-14,23H,1-2H3,(H,27,29)(H,28,31). The molecule has 1 unspecified atom stereocenters. The van der Waals surface area contributed by atoms with Crippen molar-refractivity contribution in [1.29, 1.82) is 0 Å². The molecule has 1 aromatic heterocycles. The minimum absolute atomic E-state index is 0.201. The number of para-hydroxylation sites is 4. The monoisotopic (exact) mass is 488 g/mol. The topological polar surface area (TPSA) is 68.2 Å². The van der Waals surface area contributed by atoms with Crippen molar-refractivity contribution >= 4 is 44.5 Å². The van der Waals surface area contributed by atoms with Crippen molar-refractivity contribution < 1.29 is 9.53 Å². The molecule has 0 spiro atoms. The van der Waals surface area contributed by atoms with Crippen LogP contribution in [0.5, 0.6) is 5.75 Å². The molecule has 0 radical (unpaired) electrons. The fourth-order valence-electron chi connectivity index (χ4n) is 4.19. The Morgan fingerprint density at radius 3 is 2.69 bits per heavy atom. The lowest BCUT2D eigenvalue weighted by molar-refractivity contribution is -0.113. The van der Waals surface area contributed by atoms with E-state index < -0.39 is 0 Å². The number of anilines is 2. The van der Waals surface area contributed by atoms with Gasteiger partial charge in [-0.25, -0.2) is 4.98 Å². The highest BCUT2D eigenvalue weighted by Gasteiger charge is 2.34. The maximum absolute atomic E-state index is 13.7. The highest BCUT2D eigenvalue weighted by Crippen LogP contribution is 2.40. The van der Waals surface area contributed by atoms with Crippen LogP contribution in [-0.2, 0) is 4.79 Å². The van der Waals surface area contributed by atoms with Crippen molar-refractivity contribution in [3.8, 4) is 5.75 Å². The molecule has 0 fully saturated rings. The second-order valence-corrected chi connectivity index (χ2v) is 8.49. The third-order valence-electron chi connectivity index (χ3n) is 5.59. The van der Waals surface area contributed by atoms with Gasteiger partial charge in [0.25, 0.3) is 5.91 Å². The SMILES string of the molecule is COc1ccccc1NC(=O)C1=C(C)Nc2nc3ccccc3n2C1c1cccc(Br)c1. The zero-order valence-corrected chi connectivity index (χ0v) is 19.2. The third kappa shape index (κ3) is 3.44. The van der Waals surface area contributed by atoms with Crippen LogP contribution in [0.4, 0.5) is 11.6 Å². The first-order valence-corrected chi connectivity index (χ1v) is 11.0. The van der Waals surface area contributed by atoms with E-state index in [1.54, 1.807) is 7.11 Å². The predicted molar refractivity (Wildman–Crippen MR) is 130 cm³/mol. The Morgan fingerprint density at radius 1 is 1.09 bits per heavy atom. The van der Waals surface area contributed by atoms with Gasteiger partial charge in [-0.3, -0.25) is 9.36 Å². The number of nitrogens with one attached hydrogen (secondary N) is 2. The lowest BCUT2D eigenvalue weighted by Crippen LogP contribution is -2.31. The number of hydrogen-bond acceptors (Lipinski definition) is 4. The quantitative estimate of drug-likeness (QED) is 0.384. The lowest BCUT2D eigenvalue weighted by Gasteiger charge is -2.31. The van der Waals surface area contributed by atoms with E-state index in [9.17, 15) is 4.79 Å². The Morgan fingerprint density at radius 2 is 1.88 bits per heavy atom. The number of halogens is 1. The Labute approximate surface area is 194 Å². The number of carbonyl (C=O) groups is 1. The molecule has 32 heavy (non-hydrogen) atoms. The molecule has 2 heterocycles. The summed E-state index contributed by atoms with van der Waals surface area (Å²) in [5.41, 5.74) is 4.79. The number of hydrogen-bond donors (Lipinski definition) is 2. The van der Waals surface area contributed by atoms with Crippen LogP contribution in [0.3, 0.4) is 0 Å². The summed E-state index contributed by atoms with van der Waals surface area (Å²) in [4.78, 5) is 18.4. The number of rotatable bonds is 4. The van der Waals surface area contributed by atoms with Crippen molar-refractivity contribution in [1.82, 2.24) is 9.55 Å². The van der Waals surface area contributed by atoms with Gasteiger partial charge in [-0.15, -0.1) is 0 Å². The minimum Gasteiger partial charge on any atom is -0.495 e. The van der Waals surface area contributed by atoms with Crippen LogP contribution >= 0.6 is 15.9 Å². The van der Waals surface area contributed by atoms with Gasteiger partial charge in [-0.05, 0) is 48.9 Å². The van der Waals surface area contributed by atoms with Gasteiger partial charge in [0.15, 0.2) is 0 Å². The molecule has 2 N–H and O–H groups in total. The number of ether oxygens (including phenoxy) is 1. The molecule has 6 nitrogen and oxygen atoms in total. The zero-order chi connectivity index (χ0) is 22.2. The van der Waals surface area contributed by atoms with Gasteiger partial charge in [-0.2, -0.15) is 0 Å². The highest BCUT2D eigenvalue weighted by molar-refractivity contribution is 9.10. The number of amides is 1. The average Bonchev–Trinajstić information content (AvgIpc) is 3.16. The molecular weight excluding hydrogens is 468 g/mol. The van der Waals surface area contributed by atoms with Crippen LogP contribution < -0.4 is 15.4 Å². The van der Waals surface area contributed by atoms with Crippen molar-refractivity contribution in [3.63, 3.8) is 0 Å². The average molecular weight is 489 g/mol. The molecule has 0 saturated carbocycles. The molecular formula is C25H21BrN4O2. The van der Waals surface area contributed by atoms with Crippen molar-refractivity contribution in [2.24, 2.45) is 0 Å². The van der Waals surface area contributed by atoms with Crippen LogP contribution in [0.15, 0.2) is 88.5 Å².